The molecule has 2 aromatic carbocycles. The maximum absolute atomic E-state index is 12.6. The summed E-state index contributed by atoms with van der Waals surface area (Å²) in [7, 11) is 0. The van der Waals surface area contributed by atoms with Crippen LogP contribution in [0.2, 0.25) is 0 Å². The van der Waals surface area contributed by atoms with Crippen molar-refractivity contribution in [2.24, 2.45) is 0 Å². The van der Waals surface area contributed by atoms with Gasteiger partial charge in [0, 0.05) is 35.0 Å². The second kappa shape index (κ2) is 9.91. The second-order valence-electron chi connectivity index (χ2n) is 7.81. The number of fused-ring (bicyclic) bond motifs is 2. The van der Waals surface area contributed by atoms with Crippen molar-refractivity contribution in [3.63, 3.8) is 0 Å². The molecule has 178 valence electrons. The van der Waals surface area contributed by atoms with Gasteiger partial charge in [-0.1, -0.05) is 0 Å². The van der Waals surface area contributed by atoms with Gasteiger partial charge in [0.1, 0.15) is 22.7 Å². The summed E-state index contributed by atoms with van der Waals surface area (Å²) in [5.74, 6) is 1.25. The molecule has 2 amide bonds. The number of carbonyl (C=O) groups excluding carboxylic acids is 2. The molecule has 34 heavy (non-hydrogen) atoms. The zero-order chi connectivity index (χ0) is 24.2. The Morgan fingerprint density at radius 3 is 1.53 bits per heavy atom. The van der Waals surface area contributed by atoms with Crippen molar-refractivity contribution in [2.75, 3.05) is 26.3 Å². The van der Waals surface area contributed by atoms with Crippen LogP contribution in [0.15, 0.2) is 45.2 Å². The van der Waals surface area contributed by atoms with Crippen molar-refractivity contribution < 1.29 is 27.9 Å². The average molecular weight is 465 g/mol. The third-order valence-corrected chi connectivity index (χ3v) is 5.55. The quantitative estimate of drug-likeness (QED) is 0.347. The summed E-state index contributed by atoms with van der Waals surface area (Å²) in [4.78, 5) is 25.3. The zero-order valence-corrected chi connectivity index (χ0v) is 19.7. The fraction of sp³-hybridized carbons (Fsp3) is 0.308. The van der Waals surface area contributed by atoms with Gasteiger partial charge in [-0.15, -0.1) is 0 Å². The molecule has 4 rings (SSSR count). The number of amides is 2. The Bertz CT molecular complexity index is 1250. The van der Waals surface area contributed by atoms with Crippen molar-refractivity contribution in [2.45, 2.75) is 27.7 Å². The fourth-order valence-electron chi connectivity index (χ4n) is 3.86. The second-order valence-corrected chi connectivity index (χ2v) is 7.81. The Balaban J connectivity index is 1.36. The van der Waals surface area contributed by atoms with Crippen molar-refractivity contribution in [3.05, 3.63) is 59.0 Å². The molecular weight excluding hydrogens is 436 g/mol. The maximum Gasteiger partial charge on any atom is 0.287 e. The van der Waals surface area contributed by atoms with Gasteiger partial charge in [0.25, 0.3) is 11.8 Å². The molecule has 2 heterocycles. The molecular formula is C26H28N2O6. The molecule has 0 saturated heterocycles. The van der Waals surface area contributed by atoms with Gasteiger partial charge in [-0.05, 0) is 64.1 Å². The van der Waals surface area contributed by atoms with E-state index in [1.54, 1.807) is 12.1 Å². The predicted molar refractivity (Wildman–Crippen MR) is 129 cm³/mol. The van der Waals surface area contributed by atoms with Crippen molar-refractivity contribution >= 4 is 33.8 Å². The number of benzene rings is 2. The first-order valence-corrected chi connectivity index (χ1v) is 11.3. The molecule has 0 aliphatic rings. The van der Waals surface area contributed by atoms with E-state index in [1.165, 1.54) is 0 Å². The van der Waals surface area contributed by atoms with Crippen LogP contribution in [0.1, 0.15) is 46.1 Å². The minimum atomic E-state index is -0.343. The Morgan fingerprint density at radius 1 is 0.735 bits per heavy atom. The van der Waals surface area contributed by atoms with Gasteiger partial charge in [-0.3, -0.25) is 9.59 Å². The van der Waals surface area contributed by atoms with Crippen LogP contribution < -0.4 is 20.1 Å². The molecule has 0 atom stereocenters. The summed E-state index contributed by atoms with van der Waals surface area (Å²) in [6.45, 7) is 9.08. The van der Waals surface area contributed by atoms with Crippen molar-refractivity contribution in [1.82, 2.24) is 10.6 Å². The third-order valence-electron chi connectivity index (χ3n) is 5.55. The number of carbonyl (C=O) groups is 2. The van der Waals surface area contributed by atoms with Crippen molar-refractivity contribution in [3.8, 4) is 11.5 Å². The van der Waals surface area contributed by atoms with Gasteiger partial charge < -0.3 is 28.9 Å². The first-order valence-electron chi connectivity index (χ1n) is 11.3. The van der Waals surface area contributed by atoms with E-state index in [9.17, 15) is 9.59 Å². The summed E-state index contributed by atoms with van der Waals surface area (Å²) in [6, 6.07) is 10.9. The van der Waals surface area contributed by atoms with Gasteiger partial charge in [-0.2, -0.15) is 0 Å². The number of hydrogen-bond acceptors (Lipinski definition) is 6. The molecule has 2 N–H and O–H groups in total. The van der Waals surface area contributed by atoms with Gasteiger partial charge in [0.15, 0.2) is 11.5 Å². The van der Waals surface area contributed by atoms with Gasteiger partial charge >= 0.3 is 0 Å². The lowest BCUT2D eigenvalue weighted by Crippen LogP contribution is -2.34. The summed E-state index contributed by atoms with van der Waals surface area (Å²) in [6.07, 6.45) is 0. The Kier molecular flexibility index (Phi) is 6.77. The van der Waals surface area contributed by atoms with Gasteiger partial charge in [0.2, 0.25) is 0 Å². The smallest absolute Gasteiger partial charge is 0.287 e. The first kappa shape index (κ1) is 23.2. The van der Waals surface area contributed by atoms with Crippen LogP contribution in [-0.2, 0) is 0 Å². The standard InChI is InChI=1S/C26H28N2O6/c1-5-31-17-7-9-21-19(13-17)15(3)23(33-21)25(29)27-11-12-28-26(30)24-16(4)20-14-18(32-6-2)8-10-22(20)34-24/h7-10,13-14H,5-6,11-12H2,1-4H3,(H,27,29)(H,28,30). The van der Waals surface area contributed by atoms with E-state index in [0.717, 1.165) is 33.4 Å². The van der Waals surface area contributed by atoms with E-state index >= 15 is 0 Å². The normalized spacial score (nSPS) is 11.1. The number of furan rings is 2. The monoisotopic (exact) mass is 464 g/mol. The summed E-state index contributed by atoms with van der Waals surface area (Å²) >= 11 is 0. The number of rotatable bonds is 9. The van der Waals surface area contributed by atoms with E-state index in [-0.39, 0.29) is 36.4 Å². The Morgan fingerprint density at radius 2 is 1.15 bits per heavy atom. The summed E-state index contributed by atoms with van der Waals surface area (Å²) in [5, 5.41) is 7.23. The number of aryl methyl sites for hydroxylation is 2. The fourth-order valence-corrected chi connectivity index (χ4v) is 3.86. The van der Waals surface area contributed by atoms with E-state index in [2.05, 4.69) is 10.6 Å². The molecule has 0 fully saturated rings. The molecule has 2 aromatic heterocycles. The van der Waals surface area contributed by atoms with E-state index in [1.807, 2.05) is 52.0 Å². The van der Waals surface area contributed by atoms with Crippen LogP contribution in [0.4, 0.5) is 0 Å². The molecule has 0 unspecified atom stereocenters. The molecule has 0 aliphatic carbocycles. The average Bonchev–Trinajstić information content (AvgIpc) is 3.34. The zero-order valence-electron chi connectivity index (χ0n) is 19.7. The number of ether oxygens (including phenoxy) is 2. The van der Waals surface area contributed by atoms with E-state index in [0.29, 0.717) is 24.4 Å². The van der Waals surface area contributed by atoms with Crippen LogP contribution in [-0.4, -0.2) is 38.1 Å². The number of hydrogen-bond donors (Lipinski definition) is 2. The van der Waals surface area contributed by atoms with E-state index < -0.39 is 0 Å². The molecule has 0 spiro atoms. The van der Waals surface area contributed by atoms with E-state index in [4.69, 9.17) is 18.3 Å². The topological polar surface area (TPSA) is 103 Å². The van der Waals surface area contributed by atoms with Gasteiger partial charge in [-0.25, -0.2) is 0 Å². The molecule has 0 bridgehead atoms. The van der Waals surface area contributed by atoms with Crippen LogP contribution >= 0.6 is 0 Å². The number of nitrogens with one attached hydrogen (secondary N) is 2. The minimum Gasteiger partial charge on any atom is -0.494 e. The van der Waals surface area contributed by atoms with Crippen LogP contribution in [0.25, 0.3) is 21.9 Å². The highest BCUT2D eigenvalue weighted by Gasteiger charge is 2.20. The van der Waals surface area contributed by atoms with Gasteiger partial charge in [0.05, 0.1) is 13.2 Å². The predicted octanol–water partition coefficient (Wildman–Crippen LogP) is 4.75. The largest absolute Gasteiger partial charge is 0.494 e. The van der Waals surface area contributed by atoms with Crippen LogP contribution in [0.5, 0.6) is 11.5 Å². The first-order chi connectivity index (χ1) is 16.4. The molecule has 0 radical (unpaired) electrons. The lowest BCUT2D eigenvalue weighted by Gasteiger charge is -2.06. The van der Waals surface area contributed by atoms with Crippen molar-refractivity contribution in [1.29, 1.82) is 0 Å². The third kappa shape index (κ3) is 4.57. The maximum atomic E-state index is 12.6. The molecule has 8 nitrogen and oxygen atoms in total. The van der Waals surface area contributed by atoms with Crippen LogP contribution in [0.3, 0.4) is 0 Å². The summed E-state index contributed by atoms with van der Waals surface area (Å²) < 4.78 is 22.5. The molecule has 4 aromatic rings. The highest BCUT2D eigenvalue weighted by molar-refractivity contribution is 6.00. The Labute approximate surface area is 197 Å². The highest BCUT2D eigenvalue weighted by Crippen LogP contribution is 2.30. The van der Waals surface area contributed by atoms with Crippen LogP contribution in [0, 0.1) is 13.8 Å². The SMILES string of the molecule is CCOc1ccc2oc(C(=O)NCCNC(=O)c3oc4ccc(OCC)cc4c3C)c(C)c2c1. The molecule has 0 saturated carbocycles. The Hall–Kier alpha value is -3.94. The summed E-state index contributed by atoms with van der Waals surface area (Å²) in [5.41, 5.74) is 2.71. The minimum absolute atomic E-state index is 0.235. The lowest BCUT2D eigenvalue weighted by molar-refractivity contribution is 0.0901. The molecule has 8 heteroatoms. The lowest BCUT2D eigenvalue weighted by atomic mass is 10.1. The molecule has 0 aliphatic heterocycles. The highest BCUT2D eigenvalue weighted by atomic mass is 16.5.